The van der Waals surface area contributed by atoms with Crippen LogP contribution in [0.25, 0.3) is 0 Å². The molecule has 0 aliphatic carbocycles. The Morgan fingerprint density at radius 3 is 2.27 bits per heavy atom. The first kappa shape index (κ1) is 10.5. The Morgan fingerprint density at radius 2 is 1.80 bits per heavy atom. The van der Waals surface area contributed by atoms with Crippen molar-refractivity contribution >= 4 is 0 Å². The molecule has 2 rings (SSSR count). The van der Waals surface area contributed by atoms with Crippen molar-refractivity contribution in [1.82, 2.24) is 4.90 Å². The molecule has 1 aliphatic rings. The first-order chi connectivity index (χ1) is 7.06. The van der Waals surface area contributed by atoms with Crippen molar-refractivity contribution in [3.8, 4) is 0 Å². The van der Waals surface area contributed by atoms with E-state index in [9.17, 15) is 8.78 Å². The van der Waals surface area contributed by atoms with E-state index in [-0.39, 0.29) is 12.1 Å². The number of aliphatic hydroxyl groups excluding tert-OH is 1. The summed E-state index contributed by atoms with van der Waals surface area (Å²) in [6.07, 6.45) is -0.300. The van der Waals surface area contributed by atoms with Crippen LogP contribution in [0, 0.1) is 11.6 Å². The molecule has 1 atom stereocenters. The number of benzene rings is 1. The highest BCUT2D eigenvalue weighted by atomic mass is 19.1. The largest absolute Gasteiger partial charge is 0.390 e. The van der Waals surface area contributed by atoms with Gasteiger partial charge in [0.05, 0.1) is 6.10 Å². The van der Waals surface area contributed by atoms with E-state index in [1.807, 2.05) is 11.8 Å². The highest BCUT2D eigenvalue weighted by Gasteiger charge is 2.29. The summed E-state index contributed by atoms with van der Waals surface area (Å²) < 4.78 is 25.9. The van der Waals surface area contributed by atoms with Crippen molar-refractivity contribution in [2.24, 2.45) is 0 Å². The van der Waals surface area contributed by atoms with Gasteiger partial charge in [0.1, 0.15) is 11.6 Å². The van der Waals surface area contributed by atoms with Crippen LogP contribution >= 0.6 is 0 Å². The fourth-order valence-electron chi connectivity index (χ4n) is 1.83. The molecule has 15 heavy (non-hydrogen) atoms. The van der Waals surface area contributed by atoms with Gasteiger partial charge in [-0.3, -0.25) is 4.90 Å². The number of rotatable bonds is 2. The van der Waals surface area contributed by atoms with Gasteiger partial charge in [0.15, 0.2) is 0 Å². The number of β-amino-alcohol motifs (C(OH)–C–C–N with tert-alkyl or cyclic N) is 1. The van der Waals surface area contributed by atoms with Crippen molar-refractivity contribution in [3.63, 3.8) is 0 Å². The molecule has 1 aromatic carbocycles. The Morgan fingerprint density at radius 1 is 1.27 bits per heavy atom. The van der Waals surface area contributed by atoms with Crippen molar-refractivity contribution < 1.29 is 13.9 Å². The SMILES string of the molecule is CC(c1cc(F)cc(F)c1)N1CC(O)C1. The summed E-state index contributed by atoms with van der Waals surface area (Å²) in [5, 5.41) is 9.13. The quantitative estimate of drug-likeness (QED) is 0.808. The third-order valence-electron chi connectivity index (χ3n) is 2.81. The molecule has 2 nitrogen and oxygen atoms in total. The van der Waals surface area contributed by atoms with Crippen LogP contribution in [-0.2, 0) is 0 Å². The van der Waals surface area contributed by atoms with Crippen LogP contribution in [0.5, 0.6) is 0 Å². The van der Waals surface area contributed by atoms with Gasteiger partial charge in [-0.15, -0.1) is 0 Å². The number of nitrogens with zero attached hydrogens (tertiary/aromatic N) is 1. The average Bonchev–Trinajstić information content (AvgIpc) is 2.10. The first-order valence-electron chi connectivity index (χ1n) is 4.94. The van der Waals surface area contributed by atoms with Crippen LogP contribution in [0.1, 0.15) is 18.5 Å². The summed E-state index contributed by atoms with van der Waals surface area (Å²) in [4.78, 5) is 1.97. The summed E-state index contributed by atoms with van der Waals surface area (Å²) in [6.45, 7) is 3.01. The fourth-order valence-corrected chi connectivity index (χ4v) is 1.83. The number of hydrogen-bond acceptors (Lipinski definition) is 2. The van der Waals surface area contributed by atoms with E-state index in [1.54, 1.807) is 0 Å². The van der Waals surface area contributed by atoms with Gasteiger partial charge < -0.3 is 5.11 Å². The summed E-state index contributed by atoms with van der Waals surface area (Å²) in [6, 6.07) is 3.47. The Kier molecular flexibility index (Phi) is 2.71. The molecule has 0 bridgehead atoms. The van der Waals surface area contributed by atoms with Gasteiger partial charge in [-0.05, 0) is 24.6 Å². The molecule has 82 valence electrons. The highest BCUT2D eigenvalue weighted by molar-refractivity contribution is 5.21. The van der Waals surface area contributed by atoms with E-state index < -0.39 is 11.6 Å². The minimum Gasteiger partial charge on any atom is -0.390 e. The van der Waals surface area contributed by atoms with Gasteiger partial charge in [-0.2, -0.15) is 0 Å². The molecular formula is C11H13F2NO. The van der Waals surface area contributed by atoms with Crippen molar-refractivity contribution in [2.75, 3.05) is 13.1 Å². The maximum absolute atomic E-state index is 12.9. The van der Waals surface area contributed by atoms with E-state index in [1.165, 1.54) is 12.1 Å². The number of hydrogen-bond donors (Lipinski definition) is 1. The minimum atomic E-state index is -0.557. The summed E-state index contributed by atoms with van der Waals surface area (Å²) in [5.74, 6) is -1.11. The summed E-state index contributed by atoms with van der Waals surface area (Å²) in [7, 11) is 0. The standard InChI is InChI=1S/C11H13F2NO/c1-7(14-5-11(15)6-14)8-2-9(12)4-10(13)3-8/h2-4,7,11,15H,5-6H2,1H3. The average molecular weight is 213 g/mol. The molecule has 0 aromatic heterocycles. The molecule has 1 aliphatic heterocycles. The van der Waals surface area contributed by atoms with Crippen LogP contribution in [0.15, 0.2) is 18.2 Å². The Hall–Kier alpha value is -1.00. The lowest BCUT2D eigenvalue weighted by molar-refractivity contribution is -0.0212. The summed E-state index contributed by atoms with van der Waals surface area (Å²) in [5.41, 5.74) is 0.611. The molecule has 1 saturated heterocycles. The van der Waals surface area contributed by atoms with Crippen LogP contribution < -0.4 is 0 Å². The van der Waals surface area contributed by atoms with Gasteiger partial charge in [-0.1, -0.05) is 0 Å². The second-order valence-corrected chi connectivity index (χ2v) is 3.99. The topological polar surface area (TPSA) is 23.5 Å². The molecule has 1 unspecified atom stereocenters. The number of halogens is 2. The van der Waals surface area contributed by atoms with Crippen molar-refractivity contribution in [2.45, 2.75) is 19.1 Å². The lowest BCUT2D eigenvalue weighted by Gasteiger charge is -2.40. The third-order valence-corrected chi connectivity index (χ3v) is 2.81. The van der Waals surface area contributed by atoms with Crippen LogP contribution in [0.3, 0.4) is 0 Å². The maximum Gasteiger partial charge on any atom is 0.126 e. The van der Waals surface area contributed by atoms with E-state index in [4.69, 9.17) is 5.11 Å². The van der Waals surface area contributed by atoms with Crippen LogP contribution in [0.2, 0.25) is 0 Å². The smallest absolute Gasteiger partial charge is 0.126 e. The van der Waals surface area contributed by atoms with Crippen molar-refractivity contribution in [1.29, 1.82) is 0 Å². The van der Waals surface area contributed by atoms with Crippen LogP contribution in [0.4, 0.5) is 8.78 Å². The van der Waals surface area contributed by atoms with Gasteiger partial charge >= 0.3 is 0 Å². The molecule has 0 radical (unpaired) electrons. The minimum absolute atomic E-state index is 0.0569. The van der Waals surface area contributed by atoms with Crippen molar-refractivity contribution in [3.05, 3.63) is 35.4 Å². The molecule has 1 fully saturated rings. The number of aliphatic hydroxyl groups is 1. The zero-order chi connectivity index (χ0) is 11.0. The van der Waals surface area contributed by atoms with Gasteiger partial charge in [0.2, 0.25) is 0 Å². The Labute approximate surface area is 87.1 Å². The van der Waals surface area contributed by atoms with Gasteiger partial charge in [0, 0.05) is 25.2 Å². The van der Waals surface area contributed by atoms with Gasteiger partial charge in [-0.25, -0.2) is 8.78 Å². The second kappa shape index (κ2) is 3.87. The fraction of sp³-hybridized carbons (Fsp3) is 0.455. The normalized spacial score (nSPS) is 20.0. The molecule has 4 heteroatoms. The van der Waals surface area contributed by atoms with E-state index in [0.29, 0.717) is 18.7 Å². The lowest BCUT2D eigenvalue weighted by Crippen LogP contribution is -2.51. The van der Waals surface area contributed by atoms with E-state index in [0.717, 1.165) is 6.07 Å². The third kappa shape index (κ3) is 2.16. The molecule has 1 heterocycles. The lowest BCUT2D eigenvalue weighted by atomic mass is 10.0. The summed E-state index contributed by atoms with van der Waals surface area (Å²) >= 11 is 0. The zero-order valence-corrected chi connectivity index (χ0v) is 8.45. The molecule has 0 saturated carbocycles. The van der Waals surface area contributed by atoms with Crippen LogP contribution in [-0.4, -0.2) is 29.2 Å². The zero-order valence-electron chi connectivity index (χ0n) is 8.45. The molecule has 1 aromatic rings. The van der Waals surface area contributed by atoms with E-state index in [2.05, 4.69) is 0 Å². The highest BCUT2D eigenvalue weighted by Crippen LogP contribution is 2.26. The monoisotopic (exact) mass is 213 g/mol. The number of likely N-dealkylation sites (tertiary alicyclic amines) is 1. The molecular weight excluding hydrogens is 200 g/mol. The Bertz CT molecular complexity index is 343. The maximum atomic E-state index is 12.9. The molecule has 1 N–H and O–H groups in total. The molecule has 0 spiro atoms. The van der Waals surface area contributed by atoms with E-state index >= 15 is 0 Å². The predicted molar refractivity (Wildman–Crippen MR) is 52.4 cm³/mol. The Balaban J connectivity index is 2.14. The van der Waals surface area contributed by atoms with Gasteiger partial charge in [0.25, 0.3) is 0 Å². The predicted octanol–water partition coefficient (Wildman–Crippen LogP) is 1.70. The molecule has 0 amide bonds. The second-order valence-electron chi connectivity index (χ2n) is 3.99. The first-order valence-corrected chi connectivity index (χ1v) is 4.94.